The van der Waals surface area contributed by atoms with Crippen molar-refractivity contribution < 1.29 is 24.0 Å². The van der Waals surface area contributed by atoms with E-state index in [2.05, 4.69) is 5.32 Å². The smallest absolute Gasteiger partial charge is 0.341 e. The predicted octanol–water partition coefficient (Wildman–Crippen LogP) is 5.44. The molecule has 9 heteroatoms. The highest BCUT2D eigenvalue weighted by Gasteiger charge is 2.24. The first-order valence-electron chi connectivity index (χ1n) is 10.2. The number of carbonyl (C=O) groups is 2. The molecule has 33 heavy (non-hydrogen) atoms. The molecule has 1 N–H and O–H groups in total. The number of anilines is 1. The van der Waals surface area contributed by atoms with Gasteiger partial charge in [-0.05, 0) is 50.5 Å². The second-order valence-electron chi connectivity index (χ2n) is 7.44. The zero-order chi connectivity index (χ0) is 24.1. The van der Waals surface area contributed by atoms with Crippen LogP contribution < -0.4 is 10.1 Å². The number of non-ortho nitro benzene ring substituents is 1. The van der Waals surface area contributed by atoms with Gasteiger partial charge in [0.05, 0.1) is 11.5 Å². The van der Waals surface area contributed by atoms with Crippen molar-refractivity contribution in [1.82, 2.24) is 0 Å². The van der Waals surface area contributed by atoms with Gasteiger partial charge in [0.2, 0.25) is 0 Å². The topological polar surface area (TPSA) is 108 Å². The molecule has 0 saturated carbocycles. The van der Waals surface area contributed by atoms with Gasteiger partial charge in [-0.25, -0.2) is 4.79 Å². The molecule has 2 aromatic carbocycles. The molecule has 1 amide bonds. The minimum atomic E-state index is -0.517. The molecular formula is C24H24N2O6S. The number of rotatable bonds is 8. The molecular weight excluding hydrogens is 444 g/mol. The maximum atomic E-state index is 12.7. The summed E-state index contributed by atoms with van der Waals surface area (Å²) in [6.45, 7) is 7.23. The van der Waals surface area contributed by atoms with E-state index >= 15 is 0 Å². The Morgan fingerprint density at radius 3 is 2.45 bits per heavy atom. The zero-order valence-corrected chi connectivity index (χ0v) is 19.6. The van der Waals surface area contributed by atoms with Crippen molar-refractivity contribution in [2.75, 3.05) is 18.5 Å². The third-order valence-corrected chi connectivity index (χ3v) is 5.82. The van der Waals surface area contributed by atoms with E-state index < -0.39 is 16.8 Å². The van der Waals surface area contributed by atoms with Crippen LogP contribution in [0.1, 0.15) is 34.0 Å². The lowest BCUT2D eigenvalue weighted by Crippen LogP contribution is -2.21. The van der Waals surface area contributed by atoms with Crippen LogP contribution in [0.25, 0.3) is 11.1 Å². The average Bonchev–Trinajstić information content (AvgIpc) is 3.16. The lowest BCUT2D eigenvalue weighted by Gasteiger charge is -2.12. The summed E-state index contributed by atoms with van der Waals surface area (Å²) in [4.78, 5) is 35.7. The number of amides is 1. The summed E-state index contributed by atoms with van der Waals surface area (Å²) in [5.41, 5.74) is 4.48. The fourth-order valence-corrected chi connectivity index (χ4v) is 4.35. The highest BCUT2D eigenvalue weighted by molar-refractivity contribution is 7.15. The van der Waals surface area contributed by atoms with Gasteiger partial charge in [0.1, 0.15) is 16.3 Å². The molecule has 0 radical (unpaired) electrons. The normalized spacial score (nSPS) is 10.5. The van der Waals surface area contributed by atoms with Crippen LogP contribution >= 0.6 is 11.3 Å². The number of carbonyl (C=O) groups excluding carboxylic acids is 2. The highest BCUT2D eigenvalue weighted by Crippen LogP contribution is 2.38. The summed E-state index contributed by atoms with van der Waals surface area (Å²) in [6, 6.07) is 10.1. The van der Waals surface area contributed by atoms with Crippen LogP contribution in [-0.4, -0.2) is 30.0 Å². The molecule has 0 aliphatic heterocycles. The van der Waals surface area contributed by atoms with Gasteiger partial charge >= 0.3 is 5.97 Å². The summed E-state index contributed by atoms with van der Waals surface area (Å²) in [5, 5.41) is 15.8. The molecule has 0 bridgehead atoms. The minimum absolute atomic E-state index is 0.0547. The molecule has 0 aliphatic rings. The van der Waals surface area contributed by atoms with Crippen LogP contribution in [0.15, 0.2) is 41.8 Å². The number of nitro groups is 1. The van der Waals surface area contributed by atoms with Crippen molar-refractivity contribution in [3.8, 4) is 16.9 Å². The van der Waals surface area contributed by atoms with Gasteiger partial charge in [-0.1, -0.05) is 23.8 Å². The van der Waals surface area contributed by atoms with E-state index in [9.17, 15) is 19.7 Å². The van der Waals surface area contributed by atoms with Gasteiger partial charge in [-0.3, -0.25) is 14.9 Å². The van der Waals surface area contributed by atoms with Gasteiger partial charge < -0.3 is 14.8 Å². The second-order valence-corrected chi connectivity index (χ2v) is 8.32. The number of thiophene rings is 1. The Balaban J connectivity index is 1.81. The van der Waals surface area contributed by atoms with Crippen molar-refractivity contribution in [2.24, 2.45) is 0 Å². The van der Waals surface area contributed by atoms with Crippen LogP contribution in [0.5, 0.6) is 5.75 Å². The van der Waals surface area contributed by atoms with Crippen LogP contribution in [0.4, 0.5) is 10.7 Å². The van der Waals surface area contributed by atoms with Gasteiger partial charge in [0.15, 0.2) is 6.61 Å². The minimum Gasteiger partial charge on any atom is -0.483 e. The van der Waals surface area contributed by atoms with Gasteiger partial charge in [-0.15, -0.1) is 11.3 Å². The number of esters is 1. The Morgan fingerprint density at radius 1 is 1.06 bits per heavy atom. The van der Waals surface area contributed by atoms with E-state index in [0.29, 0.717) is 27.4 Å². The highest BCUT2D eigenvalue weighted by atomic mass is 32.1. The van der Waals surface area contributed by atoms with E-state index in [4.69, 9.17) is 9.47 Å². The van der Waals surface area contributed by atoms with Crippen LogP contribution in [0.2, 0.25) is 0 Å². The molecule has 0 spiro atoms. The molecule has 0 aliphatic carbocycles. The lowest BCUT2D eigenvalue weighted by atomic mass is 9.97. The molecule has 0 fully saturated rings. The zero-order valence-electron chi connectivity index (χ0n) is 18.8. The first kappa shape index (κ1) is 23.9. The number of nitro benzene ring substituents is 1. The molecule has 3 aromatic rings. The Bertz CT molecular complexity index is 1220. The number of nitrogens with zero attached hydrogens (tertiary/aromatic N) is 1. The molecule has 3 rings (SSSR count). The van der Waals surface area contributed by atoms with Crippen LogP contribution in [-0.2, 0) is 9.53 Å². The predicted molar refractivity (Wildman–Crippen MR) is 127 cm³/mol. The SMILES string of the molecule is CCOC(=O)c1c(-c2ccc(C)cc2C)csc1NC(=O)COc1ccc([N+](=O)[O-])cc1C. The quantitative estimate of drug-likeness (QED) is 0.268. The summed E-state index contributed by atoms with van der Waals surface area (Å²) in [7, 11) is 0. The maximum absolute atomic E-state index is 12.7. The molecule has 0 saturated heterocycles. The standard InChI is InChI=1S/C24H24N2O6S/c1-5-31-24(28)22-19(18-8-6-14(2)10-15(18)3)13-33-23(22)25-21(27)12-32-20-9-7-17(26(29)30)11-16(20)4/h6-11,13H,5,12H2,1-4H3,(H,25,27). The van der Waals surface area contributed by atoms with Crippen molar-refractivity contribution >= 4 is 33.9 Å². The monoisotopic (exact) mass is 468 g/mol. The number of benzene rings is 2. The fraction of sp³-hybridized carbons (Fsp3) is 0.250. The molecule has 1 heterocycles. The molecule has 0 unspecified atom stereocenters. The van der Waals surface area contributed by atoms with Crippen molar-refractivity contribution in [2.45, 2.75) is 27.7 Å². The Labute approximate surface area is 195 Å². The third-order valence-electron chi connectivity index (χ3n) is 4.92. The van der Waals surface area contributed by atoms with Crippen LogP contribution in [0.3, 0.4) is 0 Å². The first-order chi connectivity index (χ1) is 15.7. The van der Waals surface area contributed by atoms with E-state index in [-0.39, 0.29) is 18.9 Å². The van der Waals surface area contributed by atoms with Crippen LogP contribution in [0, 0.1) is 30.9 Å². The maximum Gasteiger partial charge on any atom is 0.341 e. The summed E-state index contributed by atoms with van der Waals surface area (Å²) >= 11 is 1.23. The molecule has 8 nitrogen and oxygen atoms in total. The fourth-order valence-electron chi connectivity index (χ4n) is 3.38. The lowest BCUT2D eigenvalue weighted by molar-refractivity contribution is -0.384. The van der Waals surface area contributed by atoms with Gasteiger partial charge in [-0.2, -0.15) is 0 Å². The van der Waals surface area contributed by atoms with Gasteiger partial charge in [0.25, 0.3) is 11.6 Å². The largest absolute Gasteiger partial charge is 0.483 e. The van der Waals surface area contributed by atoms with E-state index in [1.807, 2.05) is 37.4 Å². The first-order valence-corrected chi connectivity index (χ1v) is 11.1. The summed E-state index contributed by atoms with van der Waals surface area (Å²) in [5.74, 6) is -0.619. The number of ether oxygens (including phenoxy) is 2. The third kappa shape index (κ3) is 5.56. The van der Waals surface area contributed by atoms with Crippen molar-refractivity contribution in [3.05, 3.63) is 74.1 Å². The number of aryl methyl sites for hydroxylation is 3. The Hall–Kier alpha value is -3.72. The van der Waals surface area contributed by atoms with E-state index in [1.54, 1.807) is 13.8 Å². The molecule has 1 aromatic heterocycles. The second kappa shape index (κ2) is 10.3. The number of nitrogens with one attached hydrogen (secondary N) is 1. The van der Waals surface area contributed by atoms with E-state index in [1.165, 1.54) is 29.5 Å². The Kier molecular flexibility index (Phi) is 7.44. The molecule has 0 atom stereocenters. The number of hydrogen-bond acceptors (Lipinski definition) is 7. The van der Waals surface area contributed by atoms with E-state index in [0.717, 1.165) is 16.7 Å². The number of hydrogen-bond donors (Lipinski definition) is 1. The van der Waals surface area contributed by atoms with Gasteiger partial charge in [0, 0.05) is 23.1 Å². The average molecular weight is 469 g/mol. The van der Waals surface area contributed by atoms with Crippen molar-refractivity contribution in [3.63, 3.8) is 0 Å². The van der Waals surface area contributed by atoms with Crippen molar-refractivity contribution in [1.29, 1.82) is 0 Å². The Morgan fingerprint density at radius 2 is 1.82 bits per heavy atom. The summed E-state index contributed by atoms with van der Waals surface area (Å²) in [6.07, 6.45) is 0. The molecule has 172 valence electrons. The summed E-state index contributed by atoms with van der Waals surface area (Å²) < 4.78 is 10.8.